The fraction of sp³-hybridized carbons (Fsp3) is 0.381. The molecule has 0 radical (unpaired) electrons. The van der Waals surface area contributed by atoms with Crippen molar-refractivity contribution in [3.63, 3.8) is 0 Å². The van der Waals surface area contributed by atoms with Crippen molar-refractivity contribution in [3.8, 4) is 11.5 Å². The summed E-state index contributed by atoms with van der Waals surface area (Å²) in [6, 6.07) is 11.2. The molecule has 9 heteroatoms. The molecule has 0 aromatic heterocycles. The van der Waals surface area contributed by atoms with E-state index >= 15 is 0 Å². The third-order valence-electron chi connectivity index (χ3n) is 5.94. The first-order valence-electron chi connectivity index (χ1n) is 9.75. The van der Waals surface area contributed by atoms with E-state index in [1.807, 2.05) is 0 Å². The minimum atomic E-state index is -3.73. The van der Waals surface area contributed by atoms with E-state index in [0.29, 0.717) is 43.0 Å². The molecule has 0 bridgehead atoms. The maximum Gasteiger partial charge on any atom is 0.274 e. The van der Waals surface area contributed by atoms with Crippen molar-refractivity contribution >= 4 is 15.7 Å². The summed E-state index contributed by atoms with van der Waals surface area (Å²) in [6.45, 7) is 1.32. The molecular weight excluding hydrogens is 408 g/mol. The van der Waals surface area contributed by atoms with Crippen LogP contribution in [-0.4, -0.2) is 50.6 Å². The molecule has 1 saturated heterocycles. The second kappa shape index (κ2) is 7.90. The summed E-state index contributed by atoms with van der Waals surface area (Å²) in [5.41, 5.74) is 1.62. The number of rotatable bonds is 4. The molecule has 160 valence electrons. The lowest BCUT2D eigenvalue weighted by Crippen LogP contribution is -2.59. The van der Waals surface area contributed by atoms with Gasteiger partial charge in [-0.15, -0.1) is 0 Å². The molecule has 0 aliphatic carbocycles. The Kier molecular flexibility index (Phi) is 5.44. The van der Waals surface area contributed by atoms with Crippen LogP contribution in [0.5, 0.6) is 11.5 Å². The third kappa shape index (κ3) is 3.53. The summed E-state index contributed by atoms with van der Waals surface area (Å²) in [6.07, 6.45) is 1.34. The Balaban J connectivity index is 1.78. The van der Waals surface area contributed by atoms with Gasteiger partial charge in [-0.25, -0.2) is 13.9 Å². The van der Waals surface area contributed by atoms with Gasteiger partial charge in [-0.05, 0) is 67.5 Å². The van der Waals surface area contributed by atoms with Crippen LogP contribution in [0.25, 0.3) is 0 Å². The zero-order valence-electron chi connectivity index (χ0n) is 16.6. The molecule has 1 amide bonds. The predicted molar refractivity (Wildman–Crippen MR) is 109 cm³/mol. The van der Waals surface area contributed by atoms with Gasteiger partial charge in [0.05, 0.1) is 12.0 Å². The molecule has 1 unspecified atom stereocenters. The van der Waals surface area contributed by atoms with Crippen LogP contribution in [0.2, 0.25) is 0 Å². The number of nitrogens with one attached hydrogen (secondary N) is 2. The highest BCUT2D eigenvalue weighted by molar-refractivity contribution is 7.92. The molecule has 2 aromatic rings. The number of carbonyl (C=O) groups is 1. The van der Waals surface area contributed by atoms with Crippen molar-refractivity contribution in [2.45, 2.75) is 35.0 Å². The average Bonchev–Trinajstić information content (AvgIpc) is 2.78. The lowest BCUT2D eigenvalue weighted by atomic mass is 9.83. The number of piperidine rings is 1. The minimum Gasteiger partial charge on any atom is -0.497 e. The second-order valence-corrected chi connectivity index (χ2v) is 9.72. The van der Waals surface area contributed by atoms with Gasteiger partial charge in [0.25, 0.3) is 5.91 Å². The molecular formula is C21H24N2O6S. The van der Waals surface area contributed by atoms with Gasteiger partial charge in [-0.2, -0.15) is 0 Å². The highest BCUT2D eigenvalue weighted by Gasteiger charge is 2.52. The fourth-order valence-corrected chi connectivity index (χ4v) is 6.40. The van der Waals surface area contributed by atoms with Crippen molar-refractivity contribution in [2.24, 2.45) is 0 Å². The van der Waals surface area contributed by atoms with Crippen LogP contribution < -0.4 is 20.3 Å². The number of fused-ring (bicyclic) bond motifs is 1. The molecule has 3 N–H and O–H groups in total. The Bertz CT molecular complexity index is 1050. The van der Waals surface area contributed by atoms with Crippen LogP contribution in [0.3, 0.4) is 0 Å². The Morgan fingerprint density at radius 1 is 1.20 bits per heavy atom. The lowest BCUT2D eigenvalue weighted by Gasteiger charge is -2.46. The fourth-order valence-electron chi connectivity index (χ4n) is 4.31. The number of hydrogen-bond donors (Lipinski definition) is 3. The van der Waals surface area contributed by atoms with Crippen LogP contribution in [0.4, 0.5) is 0 Å². The quantitative estimate of drug-likeness (QED) is 0.498. The van der Waals surface area contributed by atoms with Crippen molar-refractivity contribution in [1.29, 1.82) is 0 Å². The minimum absolute atomic E-state index is 0.211. The van der Waals surface area contributed by atoms with Crippen LogP contribution in [-0.2, 0) is 16.3 Å². The van der Waals surface area contributed by atoms with Crippen LogP contribution in [0, 0.1) is 0 Å². The zero-order chi connectivity index (χ0) is 21.4. The van der Waals surface area contributed by atoms with Gasteiger partial charge in [0.15, 0.2) is 9.84 Å². The molecule has 2 aliphatic rings. The van der Waals surface area contributed by atoms with Gasteiger partial charge >= 0.3 is 0 Å². The molecule has 0 saturated carbocycles. The van der Waals surface area contributed by atoms with Crippen molar-refractivity contribution in [2.75, 3.05) is 20.2 Å². The maximum absolute atomic E-state index is 13.7. The Morgan fingerprint density at radius 2 is 1.90 bits per heavy atom. The van der Waals surface area contributed by atoms with Gasteiger partial charge in [-0.3, -0.25) is 10.0 Å². The Hall–Kier alpha value is -2.62. The highest BCUT2D eigenvalue weighted by atomic mass is 32.2. The first-order valence-corrected chi connectivity index (χ1v) is 11.3. The molecule has 2 heterocycles. The zero-order valence-corrected chi connectivity index (χ0v) is 17.4. The summed E-state index contributed by atoms with van der Waals surface area (Å²) in [5, 5.41) is 11.4. The largest absolute Gasteiger partial charge is 0.497 e. The van der Waals surface area contributed by atoms with Gasteiger partial charge < -0.3 is 14.8 Å². The number of hydroxylamine groups is 1. The van der Waals surface area contributed by atoms with Gasteiger partial charge in [0, 0.05) is 18.4 Å². The maximum atomic E-state index is 13.7. The molecule has 30 heavy (non-hydrogen) atoms. The lowest BCUT2D eigenvalue weighted by molar-refractivity contribution is 0.0205. The van der Waals surface area contributed by atoms with E-state index in [2.05, 4.69) is 5.32 Å². The van der Waals surface area contributed by atoms with Crippen molar-refractivity contribution < 1.29 is 27.9 Å². The number of sulfone groups is 1. The second-order valence-electron chi connectivity index (χ2n) is 7.59. The smallest absolute Gasteiger partial charge is 0.274 e. The molecule has 4 rings (SSSR count). The van der Waals surface area contributed by atoms with Crippen molar-refractivity contribution in [3.05, 3.63) is 53.6 Å². The number of ether oxygens (including phenoxy) is 2. The summed E-state index contributed by atoms with van der Waals surface area (Å²) in [4.78, 5) is 12.0. The summed E-state index contributed by atoms with van der Waals surface area (Å²) in [5.74, 6) is 0.498. The normalized spacial score (nSPS) is 20.1. The number of amides is 1. The van der Waals surface area contributed by atoms with Gasteiger partial charge in [0.2, 0.25) is 0 Å². The van der Waals surface area contributed by atoms with E-state index < -0.39 is 26.6 Å². The van der Waals surface area contributed by atoms with Gasteiger partial charge in [0.1, 0.15) is 22.4 Å². The first-order chi connectivity index (χ1) is 14.4. The van der Waals surface area contributed by atoms with E-state index in [1.54, 1.807) is 47.9 Å². The predicted octanol–water partition coefficient (Wildman–Crippen LogP) is 1.71. The molecule has 1 fully saturated rings. The number of methoxy groups -OCH3 is 1. The molecule has 1 spiro atoms. The molecule has 8 nitrogen and oxygen atoms in total. The van der Waals surface area contributed by atoms with E-state index in [9.17, 15) is 13.2 Å². The van der Waals surface area contributed by atoms with Gasteiger partial charge in [-0.1, -0.05) is 0 Å². The summed E-state index contributed by atoms with van der Waals surface area (Å²) >= 11 is 0. The van der Waals surface area contributed by atoms with Crippen LogP contribution >= 0.6 is 0 Å². The molecule has 2 aliphatic heterocycles. The Labute approximate surface area is 175 Å². The van der Waals surface area contributed by atoms with Crippen molar-refractivity contribution in [1.82, 2.24) is 10.8 Å². The number of benzene rings is 2. The van der Waals surface area contributed by atoms with Crippen LogP contribution in [0.1, 0.15) is 28.8 Å². The number of hydrogen-bond acceptors (Lipinski definition) is 7. The topological polar surface area (TPSA) is 114 Å². The third-order valence-corrected chi connectivity index (χ3v) is 8.22. The molecule has 2 aromatic carbocycles. The monoisotopic (exact) mass is 432 g/mol. The highest BCUT2D eigenvalue weighted by Crippen LogP contribution is 2.43. The average molecular weight is 432 g/mol. The number of carbonyl (C=O) groups excluding carboxylic acids is 1. The van der Waals surface area contributed by atoms with E-state index in [-0.39, 0.29) is 16.9 Å². The van der Waals surface area contributed by atoms with E-state index in [1.165, 1.54) is 7.11 Å². The standard InChI is InChI=1S/C21H24N2O6S/c1-28-16-3-5-17(6-4-16)30(26,27)19-13-15-12-14(20(24)23-25)2-7-18(15)29-21(19)8-10-22-11-9-21/h2-7,12,19,22,25H,8-11,13H2,1H3,(H,23,24). The van der Waals surface area contributed by atoms with Crippen LogP contribution in [0.15, 0.2) is 47.4 Å². The Morgan fingerprint density at radius 3 is 2.53 bits per heavy atom. The SMILES string of the molecule is COc1ccc(S(=O)(=O)C2Cc3cc(C(=O)NO)ccc3OC23CCNCC3)cc1. The summed E-state index contributed by atoms with van der Waals surface area (Å²) in [7, 11) is -2.21. The summed E-state index contributed by atoms with van der Waals surface area (Å²) < 4.78 is 38.9. The first kappa shape index (κ1) is 20.6. The van der Waals surface area contributed by atoms with E-state index in [4.69, 9.17) is 14.7 Å². The van der Waals surface area contributed by atoms with E-state index in [0.717, 1.165) is 0 Å². The molecule has 1 atom stereocenters.